The maximum absolute atomic E-state index is 5.04. The molecule has 1 unspecified atom stereocenters. The number of rotatable bonds is 2. The van der Waals surface area contributed by atoms with Crippen LogP contribution < -0.4 is 0 Å². The quantitative estimate of drug-likeness (QED) is 0.597. The Balaban J connectivity index is 2.22. The van der Waals surface area contributed by atoms with Gasteiger partial charge in [-0.3, -0.25) is 0 Å². The Morgan fingerprint density at radius 1 is 1.78 bits per heavy atom. The standard InChI is InChI=1S/C6H10S3/c1-2-3-5-4-8-6(7)9-5/h5H,2-4H2,1H3. The fourth-order valence-electron chi connectivity index (χ4n) is 0.829. The summed E-state index contributed by atoms with van der Waals surface area (Å²) in [5.74, 6) is 1.25. The van der Waals surface area contributed by atoms with Crippen LogP contribution in [0.2, 0.25) is 0 Å². The summed E-state index contributed by atoms with van der Waals surface area (Å²) in [6.07, 6.45) is 2.62. The summed E-state index contributed by atoms with van der Waals surface area (Å²) in [5.41, 5.74) is 0. The second kappa shape index (κ2) is 3.84. The molecule has 52 valence electrons. The highest BCUT2D eigenvalue weighted by atomic mass is 32.2. The molecule has 0 aromatic carbocycles. The summed E-state index contributed by atoms with van der Waals surface area (Å²) in [6, 6.07) is 0. The van der Waals surface area contributed by atoms with Crippen molar-refractivity contribution in [1.29, 1.82) is 0 Å². The Kier molecular flexibility index (Phi) is 3.37. The monoisotopic (exact) mass is 178 g/mol. The summed E-state index contributed by atoms with van der Waals surface area (Å²) < 4.78 is 1.15. The number of hydrogen-bond donors (Lipinski definition) is 0. The molecule has 0 aromatic heterocycles. The molecule has 0 aromatic rings. The van der Waals surface area contributed by atoms with Gasteiger partial charge in [0.1, 0.15) is 3.53 Å². The maximum Gasteiger partial charge on any atom is 0.104 e. The number of thiocarbonyl (C=S) groups is 1. The minimum Gasteiger partial charge on any atom is -0.107 e. The van der Waals surface area contributed by atoms with Gasteiger partial charge < -0.3 is 0 Å². The highest BCUT2D eigenvalue weighted by Gasteiger charge is 2.19. The zero-order valence-corrected chi connectivity index (χ0v) is 7.87. The topological polar surface area (TPSA) is 0 Å². The van der Waals surface area contributed by atoms with Gasteiger partial charge in [0.2, 0.25) is 0 Å². The highest BCUT2D eigenvalue weighted by Crippen LogP contribution is 2.35. The van der Waals surface area contributed by atoms with Gasteiger partial charge in [-0.15, -0.1) is 23.5 Å². The third kappa shape index (κ3) is 2.48. The molecule has 1 aliphatic rings. The van der Waals surface area contributed by atoms with E-state index in [2.05, 4.69) is 6.92 Å². The summed E-state index contributed by atoms with van der Waals surface area (Å²) in [7, 11) is 0. The van der Waals surface area contributed by atoms with Gasteiger partial charge in [0.05, 0.1) is 0 Å². The van der Waals surface area contributed by atoms with Crippen LogP contribution in [0.4, 0.5) is 0 Å². The molecule has 0 bridgehead atoms. The van der Waals surface area contributed by atoms with Crippen LogP contribution >= 0.6 is 35.7 Å². The third-order valence-electron chi connectivity index (χ3n) is 1.26. The molecule has 1 saturated heterocycles. The van der Waals surface area contributed by atoms with Crippen LogP contribution in [0.25, 0.3) is 0 Å². The fraction of sp³-hybridized carbons (Fsp3) is 0.833. The van der Waals surface area contributed by atoms with E-state index in [0.29, 0.717) is 0 Å². The van der Waals surface area contributed by atoms with Crippen molar-refractivity contribution >= 4 is 39.3 Å². The van der Waals surface area contributed by atoms with Crippen LogP contribution in [0.1, 0.15) is 19.8 Å². The predicted molar refractivity (Wildman–Crippen MR) is 51.3 cm³/mol. The van der Waals surface area contributed by atoms with Crippen LogP contribution in [0.3, 0.4) is 0 Å². The molecule has 9 heavy (non-hydrogen) atoms. The van der Waals surface area contributed by atoms with E-state index < -0.39 is 0 Å². The van der Waals surface area contributed by atoms with E-state index in [1.165, 1.54) is 18.6 Å². The van der Waals surface area contributed by atoms with Crippen molar-refractivity contribution in [2.45, 2.75) is 25.0 Å². The summed E-state index contributed by atoms with van der Waals surface area (Å²) in [5, 5.41) is 0.826. The first-order valence-corrected chi connectivity index (χ1v) is 5.43. The average Bonchev–Trinajstić information content (AvgIpc) is 2.17. The molecule has 1 atom stereocenters. The largest absolute Gasteiger partial charge is 0.107 e. The first-order chi connectivity index (χ1) is 4.33. The van der Waals surface area contributed by atoms with E-state index in [0.717, 1.165) is 8.78 Å². The molecule has 0 amide bonds. The van der Waals surface area contributed by atoms with Gasteiger partial charge in [-0.2, -0.15) is 0 Å². The number of hydrogen-bond acceptors (Lipinski definition) is 3. The highest BCUT2D eigenvalue weighted by molar-refractivity contribution is 8.49. The van der Waals surface area contributed by atoms with E-state index in [4.69, 9.17) is 12.2 Å². The van der Waals surface area contributed by atoms with Crippen LogP contribution in [-0.2, 0) is 0 Å². The zero-order valence-electron chi connectivity index (χ0n) is 5.42. The minimum atomic E-state index is 0.826. The van der Waals surface area contributed by atoms with Gasteiger partial charge in [0.15, 0.2) is 0 Å². The maximum atomic E-state index is 5.04. The van der Waals surface area contributed by atoms with Crippen molar-refractivity contribution in [3.05, 3.63) is 0 Å². The van der Waals surface area contributed by atoms with E-state index in [-0.39, 0.29) is 0 Å². The molecule has 3 heteroatoms. The first kappa shape index (κ1) is 7.89. The van der Waals surface area contributed by atoms with Crippen LogP contribution in [-0.4, -0.2) is 14.5 Å². The summed E-state index contributed by atoms with van der Waals surface area (Å²) in [6.45, 7) is 2.23. The third-order valence-corrected chi connectivity index (χ3v) is 4.49. The molecule has 0 aliphatic carbocycles. The lowest BCUT2D eigenvalue weighted by Crippen LogP contribution is -1.98. The Bertz CT molecular complexity index is 111. The SMILES string of the molecule is CCCC1CSC(=S)S1. The first-order valence-electron chi connectivity index (χ1n) is 3.16. The van der Waals surface area contributed by atoms with Crippen molar-refractivity contribution in [1.82, 2.24) is 0 Å². The molecular formula is C6H10S3. The second-order valence-corrected chi connectivity index (χ2v) is 5.61. The average molecular weight is 178 g/mol. The van der Waals surface area contributed by atoms with E-state index in [1.807, 2.05) is 23.5 Å². The van der Waals surface area contributed by atoms with E-state index in [1.54, 1.807) is 0 Å². The van der Waals surface area contributed by atoms with Gasteiger partial charge in [0.25, 0.3) is 0 Å². The Morgan fingerprint density at radius 3 is 3.00 bits per heavy atom. The van der Waals surface area contributed by atoms with Gasteiger partial charge in [-0.05, 0) is 6.42 Å². The second-order valence-electron chi connectivity index (χ2n) is 2.09. The lowest BCUT2D eigenvalue weighted by Gasteiger charge is -2.01. The molecule has 1 rings (SSSR count). The van der Waals surface area contributed by atoms with Gasteiger partial charge in [-0.1, -0.05) is 25.6 Å². The summed E-state index contributed by atoms with van der Waals surface area (Å²) >= 11 is 8.76. The Labute approximate surface area is 70.2 Å². The predicted octanol–water partition coefficient (Wildman–Crippen LogP) is 2.92. The van der Waals surface area contributed by atoms with Crippen molar-refractivity contribution in [3.63, 3.8) is 0 Å². The lowest BCUT2D eigenvalue weighted by atomic mass is 10.3. The van der Waals surface area contributed by atoms with Crippen molar-refractivity contribution in [2.24, 2.45) is 0 Å². The summed E-state index contributed by atoms with van der Waals surface area (Å²) in [4.78, 5) is 0. The lowest BCUT2D eigenvalue weighted by molar-refractivity contribution is 0.798. The zero-order chi connectivity index (χ0) is 6.69. The molecule has 1 fully saturated rings. The van der Waals surface area contributed by atoms with Crippen molar-refractivity contribution in [2.75, 3.05) is 5.75 Å². The molecule has 1 heterocycles. The molecule has 0 spiro atoms. The van der Waals surface area contributed by atoms with Crippen LogP contribution in [0, 0.1) is 0 Å². The van der Waals surface area contributed by atoms with E-state index >= 15 is 0 Å². The van der Waals surface area contributed by atoms with Crippen LogP contribution in [0.5, 0.6) is 0 Å². The van der Waals surface area contributed by atoms with Gasteiger partial charge in [-0.25, -0.2) is 0 Å². The van der Waals surface area contributed by atoms with E-state index in [9.17, 15) is 0 Å². The Morgan fingerprint density at radius 2 is 2.56 bits per heavy atom. The Hall–Kier alpha value is 0.790. The molecule has 1 aliphatic heterocycles. The van der Waals surface area contributed by atoms with Crippen LogP contribution in [0.15, 0.2) is 0 Å². The molecule has 0 N–H and O–H groups in total. The minimum absolute atomic E-state index is 0.826. The van der Waals surface area contributed by atoms with Crippen molar-refractivity contribution < 1.29 is 0 Å². The van der Waals surface area contributed by atoms with Gasteiger partial charge in [0, 0.05) is 11.0 Å². The molecule has 0 radical (unpaired) electrons. The molecule has 0 saturated carbocycles. The van der Waals surface area contributed by atoms with Crippen molar-refractivity contribution in [3.8, 4) is 0 Å². The fourth-order valence-corrected chi connectivity index (χ4v) is 3.92. The number of thioether (sulfide) groups is 2. The van der Waals surface area contributed by atoms with Gasteiger partial charge >= 0.3 is 0 Å². The molecular weight excluding hydrogens is 168 g/mol. The smallest absolute Gasteiger partial charge is 0.104 e. The normalized spacial score (nSPS) is 27.2. The molecule has 0 nitrogen and oxygen atoms in total.